The molecule has 1 aliphatic heterocycles. The van der Waals surface area contributed by atoms with Crippen molar-refractivity contribution >= 4 is 35.0 Å². The molecular weight excluding hydrogens is 450 g/mol. The first-order valence-electron chi connectivity index (χ1n) is 9.73. The van der Waals surface area contributed by atoms with E-state index in [0.29, 0.717) is 33.9 Å². The average molecular weight is 466 g/mol. The first kappa shape index (κ1) is 20.5. The number of furan rings is 1. The summed E-state index contributed by atoms with van der Waals surface area (Å²) >= 11 is 7.16. The van der Waals surface area contributed by atoms with Crippen molar-refractivity contribution in [2.24, 2.45) is 5.10 Å². The first-order valence-corrected chi connectivity index (χ1v) is 11.1. The number of carbonyl (C=O) groups is 1. The molecule has 1 aromatic carbocycles. The Bertz CT molecular complexity index is 1240. The molecule has 8 nitrogen and oxygen atoms in total. The number of hydrogen-bond donors (Lipinski definition) is 0. The molecule has 0 spiro atoms. The molecule has 0 saturated heterocycles. The minimum Gasteiger partial charge on any atom is -0.467 e. The van der Waals surface area contributed by atoms with E-state index in [1.807, 2.05) is 24.3 Å². The lowest BCUT2D eigenvalue weighted by atomic mass is 10.0. The first-order chi connectivity index (χ1) is 15.7. The maximum Gasteiger partial charge on any atom is 0.277 e. The number of benzene rings is 1. The van der Waals surface area contributed by atoms with Gasteiger partial charge >= 0.3 is 0 Å². The van der Waals surface area contributed by atoms with Crippen molar-refractivity contribution in [2.45, 2.75) is 17.7 Å². The molecule has 0 N–H and O–H groups in total. The second-order valence-electron chi connectivity index (χ2n) is 6.93. The number of thioether (sulfide) groups is 1. The number of aromatic nitrogens is 3. The predicted octanol–water partition coefficient (Wildman–Crippen LogP) is 4.85. The van der Waals surface area contributed by atoms with Crippen LogP contribution in [0.3, 0.4) is 0 Å². The minimum absolute atomic E-state index is 0.0866. The molecule has 10 heteroatoms. The molecular formula is C22H16ClN5O3S. The third kappa shape index (κ3) is 4.30. The number of hydrogen-bond acceptors (Lipinski definition) is 8. The Morgan fingerprint density at radius 1 is 1.12 bits per heavy atom. The fourth-order valence-electron chi connectivity index (χ4n) is 3.32. The van der Waals surface area contributed by atoms with E-state index < -0.39 is 0 Å². The van der Waals surface area contributed by atoms with Gasteiger partial charge in [-0.2, -0.15) is 5.10 Å². The van der Waals surface area contributed by atoms with Gasteiger partial charge in [0.1, 0.15) is 11.8 Å². The summed E-state index contributed by atoms with van der Waals surface area (Å²) in [5.41, 5.74) is 2.41. The average Bonchev–Trinajstić information content (AvgIpc) is 3.59. The summed E-state index contributed by atoms with van der Waals surface area (Å²) in [5, 5.41) is 15.0. The van der Waals surface area contributed by atoms with Gasteiger partial charge in [-0.15, -0.1) is 10.2 Å². The van der Waals surface area contributed by atoms with Gasteiger partial charge in [0.2, 0.25) is 5.89 Å². The second-order valence-corrected chi connectivity index (χ2v) is 8.29. The van der Waals surface area contributed by atoms with E-state index in [4.69, 9.17) is 20.4 Å². The number of pyridine rings is 1. The smallest absolute Gasteiger partial charge is 0.277 e. The number of nitrogens with zero attached hydrogens (tertiary/aromatic N) is 5. The van der Waals surface area contributed by atoms with Crippen LogP contribution in [0.4, 0.5) is 0 Å². The van der Waals surface area contributed by atoms with Crippen molar-refractivity contribution in [3.05, 3.63) is 83.5 Å². The van der Waals surface area contributed by atoms with Crippen molar-refractivity contribution in [1.82, 2.24) is 20.2 Å². The topological polar surface area (TPSA) is 97.6 Å². The molecule has 4 aromatic rings. The Labute approximate surface area is 192 Å². The van der Waals surface area contributed by atoms with Gasteiger partial charge in [0.05, 0.1) is 23.3 Å². The van der Waals surface area contributed by atoms with Gasteiger partial charge in [-0.25, -0.2) is 5.01 Å². The van der Waals surface area contributed by atoms with E-state index in [1.54, 1.807) is 42.9 Å². The van der Waals surface area contributed by atoms with Crippen molar-refractivity contribution in [1.29, 1.82) is 0 Å². The van der Waals surface area contributed by atoms with Crippen molar-refractivity contribution < 1.29 is 13.6 Å². The summed E-state index contributed by atoms with van der Waals surface area (Å²) in [7, 11) is 0. The fourth-order valence-corrected chi connectivity index (χ4v) is 4.06. The Morgan fingerprint density at radius 3 is 2.75 bits per heavy atom. The van der Waals surface area contributed by atoms with E-state index in [2.05, 4.69) is 20.3 Å². The third-order valence-corrected chi connectivity index (χ3v) is 5.90. The van der Waals surface area contributed by atoms with E-state index in [1.165, 1.54) is 5.01 Å². The number of carbonyl (C=O) groups excluding carboxylic acids is 1. The molecule has 0 bridgehead atoms. The molecule has 0 saturated carbocycles. The largest absolute Gasteiger partial charge is 0.467 e. The van der Waals surface area contributed by atoms with E-state index in [9.17, 15) is 4.79 Å². The number of rotatable bonds is 6. The van der Waals surface area contributed by atoms with Gasteiger partial charge in [-0.3, -0.25) is 9.78 Å². The molecule has 0 unspecified atom stereocenters. The van der Waals surface area contributed by atoms with E-state index in [-0.39, 0.29) is 17.7 Å². The van der Waals surface area contributed by atoms with Crippen LogP contribution >= 0.6 is 23.4 Å². The van der Waals surface area contributed by atoms with Crippen molar-refractivity contribution in [3.8, 4) is 11.5 Å². The van der Waals surface area contributed by atoms with Gasteiger partial charge in [0, 0.05) is 23.8 Å². The van der Waals surface area contributed by atoms with Crippen LogP contribution < -0.4 is 0 Å². The van der Waals surface area contributed by atoms with Crippen LogP contribution in [-0.2, 0) is 4.79 Å². The van der Waals surface area contributed by atoms with Gasteiger partial charge in [-0.05, 0) is 42.0 Å². The van der Waals surface area contributed by atoms with Crippen LogP contribution in [0.1, 0.15) is 23.8 Å². The van der Waals surface area contributed by atoms with Crippen LogP contribution in [0.5, 0.6) is 0 Å². The van der Waals surface area contributed by atoms with Crippen molar-refractivity contribution in [3.63, 3.8) is 0 Å². The molecule has 5 rings (SSSR count). The van der Waals surface area contributed by atoms with Crippen LogP contribution in [-0.4, -0.2) is 37.6 Å². The number of amides is 1. The highest BCUT2D eigenvalue weighted by Gasteiger charge is 2.35. The van der Waals surface area contributed by atoms with Crippen molar-refractivity contribution in [2.75, 3.05) is 5.75 Å². The quantitative estimate of drug-likeness (QED) is 0.375. The summed E-state index contributed by atoms with van der Waals surface area (Å²) in [4.78, 5) is 17.1. The summed E-state index contributed by atoms with van der Waals surface area (Å²) in [5.74, 6) is 0.920. The molecule has 1 aliphatic rings. The Hall–Kier alpha value is -3.43. The van der Waals surface area contributed by atoms with E-state index in [0.717, 1.165) is 23.0 Å². The monoisotopic (exact) mass is 465 g/mol. The zero-order chi connectivity index (χ0) is 21.9. The highest BCUT2D eigenvalue weighted by atomic mass is 35.5. The molecule has 1 amide bonds. The lowest BCUT2D eigenvalue weighted by molar-refractivity contribution is -0.130. The van der Waals surface area contributed by atoms with Crippen LogP contribution in [0.15, 0.2) is 86.3 Å². The van der Waals surface area contributed by atoms with Gasteiger partial charge < -0.3 is 8.83 Å². The predicted molar refractivity (Wildman–Crippen MR) is 119 cm³/mol. The molecule has 3 aromatic heterocycles. The summed E-state index contributed by atoms with van der Waals surface area (Å²) in [6.07, 6.45) is 5.43. The Kier molecular flexibility index (Phi) is 5.74. The normalized spacial score (nSPS) is 15.7. The zero-order valence-electron chi connectivity index (χ0n) is 16.6. The molecule has 0 radical (unpaired) electrons. The maximum atomic E-state index is 13.1. The van der Waals surface area contributed by atoms with Gasteiger partial charge in [0.25, 0.3) is 11.1 Å². The van der Waals surface area contributed by atoms with Crippen LogP contribution in [0.2, 0.25) is 5.02 Å². The van der Waals surface area contributed by atoms with Gasteiger partial charge in [0.15, 0.2) is 0 Å². The van der Waals surface area contributed by atoms with Gasteiger partial charge in [-0.1, -0.05) is 35.5 Å². The molecule has 32 heavy (non-hydrogen) atoms. The summed E-state index contributed by atoms with van der Waals surface area (Å²) in [6, 6.07) is 14.3. The molecule has 0 fully saturated rings. The standard InChI is InChI=1S/C22H16ClN5O3S/c23-16-7-5-14(6-8-16)17-11-18(19-4-2-10-30-19)28(27-17)20(29)13-32-22-26-25-21(31-22)15-3-1-9-24-12-15/h1-10,12,18H,11,13H2/t18-/m0/s1. The van der Waals surface area contributed by atoms with Crippen LogP contribution in [0, 0.1) is 0 Å². The third-order valence-electron chi connectivity index (χ3n) is 4.85. The van der Waals surface area contributed by atoms with E-state index >= 15 is 0 Å². The fraction of sp³-hybridized carbons (Fsp3) is 0.136. The summed E-state index contributed by atoms with van der Waals surface area (Å²) < 4.78 is 11.2. The maximum absolute atomic E-state index is 13.1. The SMILES string of the molecule is O=C(CSc1nnc(-c2cccnc2)o1)N1N=C(c2ccc(Cl)cc2)C[C@H]1c1ccco1. The second kappa shape index (κ2) is 8.97. The molecule has 1 atom stereocenters. The Balaban J connectivity index is 1.32. The molecule has 4 heterocycles. The minimum atomic E-state index is -0.322. The number of hydrazone groups is 1. The molecule has 0 aliphatic carbocycles. The zero-order valence-corrected chi connectivity index (χ0v) is 18.2. The van der Waals surface area contributed by atoms with Crippen LogP contribution in [0.25, 0.3) is 11.5 Å². The highest BCUT2D eigenvalue weighted by molar-refractivity contribution is 7.99. The summed E-state index contributed by atoms with van der Waals surface area (Å²) in [6.45, 7) is 0. The lowest BCUT2D eigenvalue weighted by Crippen LogP contribution is -2.28. The molecule has 160 valence electrons. The lowest BCUT2D eigenvalue weighted by Gasteiger charge is -2.19. The Morgan fingerprint density at radius 2 is 2.00 bits per heavy atom. The highest BCUT2D eigenvalue weighted by Crippen LogP contribution is 2.34. The number of halogens is 1.